The smallest absolute Gasteiger partial charge is 0.226 e. The molecule has 5 rings (SSSR count). The van der Waals surface area contributed by atoms with Crippen LogP contribution in [-0.4, -0.2) is 4.98 Å². The van der Waals surface area contributed by atoms with Crippen LogP contribution in [-0.2, 0) is 12.8 Å². The van der Waals surface area contributed by atoms with Crippen molar-refractivity contribution in [3.8, 4) is 11.5 Å². The van der Waals surface area contributed by atoms with Crippen molar-refractivity contribution in [3.05, 3.63) is 66.1 Å². The standard InChI is InChI=1S/C21H17NO/c1-2-5-15-14(4-1)8-9-18-16-6-3-7-20(21-22-12-13-23-21)19(16)11-10-17(15)18/h3,6-13H,1-2,4-5H2. The first-order valence-corrected chi connectivity index (χ1v) is 8.28. The van der Waals surface area contributed by atoms with Crippen LogP contribution >= 0.6 is 0 Å². The number of aryl methyl sites for hydroxylation is 2. The summed E-state index contributed by atoms with van der Waals surface area (Å²) in [4.78, 5) is 4.32. The Morgan fingerprint density at radius 2 is 1.61 bits per heavy atom. The third-order valence-electron chi connectivity index (χ3n) is 5.05. The summed E-state index contributed by atoms with van der Waals surface area (Å²) in [6, 6.07) is 15.5. The average Bonchev–Trinajstić information content (AvgIpc) is 3.15. The molecule has 23 heavy (non-hydrogen) atoms. The van der Waals surface area contributed by atoms with Crippen LogP contribution in [0.2, 0.25) is 0 Å². The lowest BCUT2D eigenvalue weighted by atomic mass is 9.86. The van der Waals surface area contributed by atoms with Gasteiger partial charge in [-0.25, -0.2) is 4.98 Å². The highest BCUT2D eigenvalue weighted by Gasteiger charge is 2.15. The molecular formula is C21H17NO. The quantitative estimate of drug-likeness (QED) is 0.432. The summed E-state index contributed by atoms with van der Waals surface area (Å²) in [6.45, 7) is 0. The van der Waals surface area contributed by atoms with Gasteiger partial charge in [0.2, 0.25) is 5.89 Å². The van der Waals surface area contributed by atoms with Crippen molar-refractivity contribution in [2.45, 2.75) is 25.7 Å². The summed E-state index contributed by atoms with van der Waals surface area (Å²) in [5.74, 6) is 0.688. The van der Waals surface area contributed by atoms with Gasteiger partial charge in [0.1, 0.15) is 6.26 Å². The van der Waals surface area contributed by atoms with Gasteiger partial charge in [-0.15, -0.1) is 0 Å². The normalized spacial score (nSPS) is 14.3. The predicted molar refractivity (Wildman–Crippen MR) is 93.6 cm³/mol. The summed E-state index contributed by atoms with van der Waals surface area (Å²) in [5.41, 5.74) is 4.15. The molecule has 0 saturated carbocycles. The van der Waals surface area contributed by atoms with Gasteiger partial charge >= 0.3 is 0 Å². The SMILES string of the molecule is c1cc(-c2ncco2)c2ccc3c4c(ccc3c2c1)CCCC4. The molecule has 1 aromatic heterocycles. The fourth-order valence-corrected chi connectivity index (χ4v) is 3.97. The number of nitrogens with zero attached hydrogens (tertiary/aromatic N) is 1. The predicted octanol–water partition coefficient (Wildman–Crippen LogP) is 5.53. The number of fused-ring (bicyclic) bond motifs is 5. The van der Waals surface area contributed by atoms with Crippen molar-refractivity contribution < 1.29 is 4.42 Å². The number of rotatable bonds is 1. The maximum atomic E-state index is 5.52. The van der Waals surface area contributed by atoms with E-state index in [4.69, 9.17) is 4.42 Å². The van der Waals surface area contributed by atoms with E-state index in [1.165, 1.54) is 52.8 Å². The molecule has 0 atom stereocenters. The molecule has 0 saturated heterocycles. The molecule has 2 nitrogen and oxygen atoms in total. The van der Waals surface area contributed by atoms with Gasteiger partial charge in [0.05, 0.1) is 6.20 Å². The van der Waals surface area contributed by atoms with Crippen LogP contribution in [0.25, 0.3) is 33.0 Å². The Morgan fingerprint density at radius 3 is 2.52 bits per heavy atom. The molecule has 1 aliphatic carbocycles. The number of benzene rings is 3. The van der Waals surface area contributed by atoms with Crippen LogP contribution < -0.4 is 0 Å². The third kappa shape index (κ3) is 1.91. The Bertz CT molecular complexity index is 1020. The molecule has 0 radical (unpaired) electrons. The Morgan fingerprint density at radius 1 is 0.783 bits per heavy atom. The fourth-order valence-electron chi connectivity index (χ4n) is 3.97. The van der Waals surface area contributed by atoms with E-state index < -0.39 is 0 Å². The van der Waals surface area contributed by atoms with Crippen molar-refractivity contribution in [2.75, 3.05) is 0 Å². The van der Waals surface area contributed by atoms with E-state index >= 15 is 0 Å². The molecule has 0 bridgehead atoms. The summed E-state index contributed by atoms with van der Waals surface area (Å²) in [5, 5.41) is 5.25. The van der Waals surface area contributed by atoms with Gasteiger partial charge in [0.15, 0.2) is 0 Å². The maximum absolute atomic E-state index is 5.52. The molecule has 3 aromatic carbocycles. The Balaban J connectivity index is 1.86. The van der Waals surface area contributed by atoms with Crippen LogP contribution in [0.15, 0.2) is 59.3 Å². The van der Waals surface area contributed by atoms with Crippen LogP contribution in [0.1, 0.15) is 24.0 Å². The number of aromatic nitrogens is 1. The highest BCUT2D eigenvalue weighted by Crippen LogP contribution is 2.36. The highest BCUT2D eigenvalue weighted by atomic mass is 16.3. The van der Waals surface area contributed by atoms with Crippen molar-refractivity contribution in [2.24, 2.45) is 0 Å². The van der Waals surface area contributed by atoms with E-state index in [1.54, 1.807) is 18.0 Å². The lowest BCUT2D eigenvalue weighted by molar-refractivity contribution is 0.575. The molecule has 4 aromatic rings. The Hall–Kier alpha value is -2.61. The van der Waals surface area contributed by atoms with E-state index in [-0.39, 0.29) is 0 Å². The van der Waals surface area contributed by atoms with E-state index in [2.05, 4.69) is 47.4 Å². The zero-order valence-electron chi connectivity index (χ0n) is 12.9. The molecule has 1 aliphatic rings. The summed E-state index contributed by atoms with van der Waals surface area (Å²) in [7, 11) is 0. The molecule has 1 heterocycles. The van der Waals surface area contributed by atoms with Crippen LogP contribution in [0.4, 0.5) is 0 Å². The Labute approximate surface area is 134 Å². The van der Waals surface area contributed by atoms with Crippen molar-refractivity contribution in [1.29, 1.82) is 0 Å². The van der Waals surface area contributed by atoms with E-state index in [1.807, 2.05) is 0 Å². The molecule has 0 unspecified atom stereocenters. The van der Waals surface area contributed by atoms with E-state index in [0.29, 0.717) is 5.89 Å². The van der Waals surface area contributed by atoms with Gasteiger partial charge in [0.25, 0.3) is 0 Å². The average molecular weight is 299 g/mol. The zero-order chi connectivity index (χ0) is 15.2. The van der Waals surface area contributed by atoms with Gasteiger partial charge in [-0.05, 0) is 64.4 Å². The minimum atomic E-state index is 0.688. The van der Waals surface area contributed by atoms with Gasteiger partial charge in [0, 0.05) is 5.56 Å². The highest BCUT2D eigenvalue weighted by molar-refractivity contribution is 6.12. The van der Waals surface area contributed by atoms with Gasteiger partial charge in [-0.1, -0.05) is 36.4 Å². The third-order valence-corrected chi connectivity index (χ3v) is 5.05. The molecule has 112 valence electrons. The second-order valence-corrected chi connectivity index (χ2v) is 6.31. The van der Waals surface area contributed by atoms with Gasteiger partial charge < -0.3 is 4.42 Å². The number of oxazole rings is 1. The summed E-state index contributed by atoms with van der Waals surface area (Å²) < 4.78 is 5.52. The minimum absolute atomic E-state index is 0.688. The molecule has 2 heteroatoms. The van der Waals surface area contributed by atoms with Crippen LogP contribution in [0.3, 0.4) is 0 Å². The molecule has 0 N–H and O–H groups in total. The topological polar surface area (TPSA) is 26.0 Å². The monoisotopic (exact) mass is 299 g/mol. The van der Waals surface area contributed by atoms with Gasteiger partial charge in [-0.3, -0.25) is 0 Å². The Kier molecular flexibility index (Phi) is 2.77. The van der Waals surface area contributed by atoms with E-state index in [0.717, 1.165) is 5.56 Å². The summed E-state index contributed by atoms with van der Waals surface area (Å²) >= 11 is 0. The number of hydrogen-bond donors (Lipinski definition) is 0. The first-order chi connectivity index (χ1) is 11.4. The second-order valence-electron chi connectivity index (χ2n) is 6.31. The van der Waals surface area contributed by atoms with Crippen molar-refractivity contribution >= 4 is 21.5 Å². The van der Waals surface area contributed by atoms with Crippen LogP contribution in [0, 0.1) is 0 Å². The fraction of sp³-hybridized carbons (Fsp3) is 0.190. The zero-order valence-corrected chi connectivity index (χ0v) is 12.9. The summed E-state index contributed by atoms with van der Waals surface area (Å²) in [6.07, 6.45) is 8.38. The molecule has 0 spiro atoms. The lowest BCUT2D eigenvalue weighted by Gasteiger charge is -2.19. The van der Waals surface area contributed by atoms with Crippen molar-refractivity contribution in [3.63, 3.8) is 0 Å². The molecule has 0 fully saturated rings. The minimum Gasteiger partial charge on any atom is -0.445 e. The largest absolute Gasteiger partial charge is 0.445 e. The molecular weight excluding hydrogens is 282 g/mol. The first-order valence-electron chi connectivity index (χ1n) is 8.28. The first kappa shape index (κ1) is 12.9. The van der Waals surface area contributed by atoms with Crippen molar-refractivity contribution in [1.82, 2.24) is 4.98 Å². The molecule has 0 amide bonds. The van der Waals surface area contributed by atoms with Crippen LogP contribution in [0.5, 0.6) is 0 Å². The van der Waals surface area contributed by atoms with Gasteiger partial charge in [-0.2, -0.15) is 0 Å². The second kappa shape index (κ2) is 4.95. The lowest BCUT2D eigenvalue weighted by Crippen LogP contribution is -2.03. The maximum Gasteiger partial charge on any atom is 0.226 e. The number of hydrogen-bond acceptors (Lipinski definition) is 2. The van der Waals surface area contributed by atoms with E-state index in [9.17, 15) is 0 Å². The molecule has 0 aliphatic heterocycles.